The first kappa shape index (κ1) is 15.4. The summed E-state index contributed by atoms with van der Waals surface area (Å²) < 4.78 is 15.6. The second-order valence-corrected chi connectivity index (χ2v) is 4.61. The maximum Gasteiger partial charge on any atom is 0.373 e. The van der Waals surface area contributed by atoms with E-state index in [9.17, 15) is 4.79 Å². The summed E-state index contributed by atoms with van der Waals surface area (Å²) in [6, 6.07) is 3.04. The minimum absolute atomic E-state index is 0.267. The average molecular weight is 295 g/mol. The van der Waals surface area contributed by atoms with Crippen molar-refractivity contribution in [3.8, 4) is 17.2 Å². The molecule has 0 saturated heterocycles. The number of hydrogen-bond donors (Lipinski definition) is 0. The molecule has 1 fully saturated rings. The Hall–Kier alpha value is -1.95. The fraction of sp³-hybridized carbons (Fsp3) is 0.467. The van der Waals surface area contributed by atoms with Crippen molar-refractivity contribution in [3.63, 3.8) is 0 Å². The zero-order chi connectivity index (χ0) is 15.2. The molecular formula is C15H19O6. The van der Waals surface area contributed by atoms with E-state index in [0.29, 0.717) is 17.2 Å². The molecule has 0 bridgehead atoms. The largest absolute Gasteiger partial charge is 0.493 e. The molecule has 21 heavy (non-hydrogen) atoms. The van der Waals surface area contributed by atoms with Crippen LogP contribution in [0.5, 0.6) is 17.2 Å². The second-order valence-electron chi connectivity index (χ2n) is 4.61. The molecule has 1 aliphatic rings. The lowest BCUT2D eigenvalue weighted by atomic mass is 10.2. The van der Waals surface area contributed by atoms with Gasteiger partial charge in [0.25, 0.3) is 0 Å². The van der Waals surface area contributed by atoms with E-state index < -0.39 is 5.97 Å². The van der Waals surface area contributed by atoms with Gasteiger partial charge < -0.3 is 14.2 Å². The fourth-order valence-electron chi connectivity index (χ4n) is 2.20. The normalized spacial score (nSPS) is 14.8. The van der Waals surface area contributed by atoms with Crippen LogP contribution in [-0.4, -0.2) is 27.3 Å². The summed E-state index contributed by atoms with van der Waals surface area (Å²) >= 11 is 0. The van der Waals surface area contributed by atoms with Gasteiger partial charge in [0.1, 0.15) is 6.10 Å². The third-order valence-electron chi connectivity index (χ3n) is 3.30. The minimum atomic E-state index is -0.603. The van der Waals surface area contributed by atoms with Crippen molar-refractivity contribution < 1.29 is 28.8 Å². The highest BCUT2D eigenvalue weighted by molar-refractivity contribution is 5.90. The molecule has 0 spiro atoms. The maximum absolute atomic E-state index is 12.0. The number of ether oxygens (including phenoxy) is 3. The van der Waals surface area contributed by atoms with Gasteiger partial charge in [-0.2, -0.15) is 4.89 Å². The molecule has 0 aliphatic heterocycles. The van der Waals surface area contributed by atoms with Crippen LogP contribution in [-0.2, 0) is 9.78 Å². The van der Waals surface area contributed by atoms with Gasteiger partial charge in [-0.3, -0.25) is 4.89 Å². The van der Waals surface area contributed by atoms with E-state index >= 15 is 0 Å². The van der Waals surface area contributed by atoms with E-state index in [1.165, 1.54) is 33.5 Å². The van der Waals surface area contributed by atoms with Crippen molar-refractivity contribution in [3.05, 3.63) is 23.8 Å². The first-order chi connectivity index (χ1) is 10.2. The predicted octanol–water partition coefficient (Wildman–Crippen LogP) is 2.91. The van der Waals surface area contributed by atoms with Crippen LogP contribution < -0.4 is 14.2 Å². The van der Waals surface area contributed by atoms with E-state index in [4.69, 9.17) is 24.0 Å². The summed E-state index contributed by atoms with van der Waals surface area (Å²) in [6.45, 7) is 0. The first-order valence-electron chi connectivity index (χ1n) is 6.73. The molecule has 0 aromatic heterocycles. The van der Waals surface area contributed by atoms with E-state index in [2.05, 4.69) is 0 Å². The number of methoxy groups -OCH3 is 3. The summed E-state index contributed by atoms with van der Waals surface area (Å²) in [6.07, 6.45) is 4.61. The van der Waals surface area contributed by atoms with Crippen LogP contribution in [0, 0.1) is 6.10 Å². The van der Waals surface area contributed by atoms with Gasteiger partial charge in [-0.1, -0.05) is 12.8 Å². The molecule has 0 heterocycles. The second kappa shape index (κ2) is 7.17. The molecule has 0 N–H and O–H groups in total. The fourth-order valence-corrected chi connectivity index (χ4v) is 2.20. The zero-order valence-electron chi connectivity index (χ0n) is 12.4. The van der Waals surface area contributed by atoms with Crippen LogP contribution in [0.25, 0.3) is 0 Å². The number of carbonyl (C=O) groups is 1. The number of benzene rings is 1. The van der Waals surface area contributed by atoms with Gasteiger partial charge in [-0.15, -0.1) is 0 Å². The van der Waals surface area contributed by atoms with Gasteiger partial charge in [0.15, 0.2) is 11.5 Å². The highest BCUT2D eigenvalue weighted by atomic mass is 17.2. The van der Waals surface area contributed by atoms with Crippen LogP contribution in [0.1, 0.15) is 36.0 Å². The Kier molecular flexibility index (Phi) is 5.27. The van der Waals surface area contributed by atoms with E-state index in [-0.39, 0.29) is 5.56 Å². The predicted molar refractivity (Wildman–Crippen MR) is 74.3 cm³/mol. The highest BCUT2D eigenvalue weighted by Crippen LogP contribution is 2.38. The Morgan fingerprint density at radius 3 is 2.00 bits per heavy atom. The zero-order valence-corrected chi connectivity index (χ0v) is 12.4. The van der Waals surface area contributed by atoms with Gasteiger partial charge in [0, 0.05) is 0 Å². The quantitative estimate of drug-likeness (QED) is 0.594. The molecule has 1 saturated carbocycles. The van der Waals surface area contributed by atoms with Crippen molar-refractivity contribution >= 4 is 5.97 Å². The van der Waals surface area contributed by atoms with E-state index in [1.807, 2.05) is 0 Å². The summed E-state index contributed by atoms with van der Waals surface area (Å²) in [5, 5.41) is 0. The Morgan fingerprint density at radius 1 is 0.952 bits per heavy atom. The smallest absolute Gasteiger partial charge is 0.373 e. The first-order valence-corrected chi connectivity index (χ1v) is 6.73. The molecule has 115 valence electrons. The van der Waals surface area contributed by atoms with Crippen molar-refractivity contribution in [2.24, 2.45) is 0 Å². The molecule has 1 radical (unpaired) electrons. The molecule has 6 nitrogen and oxygen atoms in total. The summed E-state index contributed by atoms with van der Waals surface area (Å²) in [4.78, 5) is 22.0. The van der Waals surface area contributed by atoms with Crippen LogP contribution >= 0.6 is 0 Å². The molecular weight excluding hydrogens is 276 g/mol. The topological polar surface area (TPSA) is 63.2 Å². The average Bonchev–Trinajstić information content (AvgIpc) is 3.04. The Balaban J connectivity index is 2.12. The Bertz CT molecular complexity index is 468. The third-order valence-corrected chi connectivity index (χ3v) is 3.30. The molecule has 1 aliphatic carbocycles. The van der Waals surface area contributed by atoms with Gasteiger partial charge in [0.2, 0.25) is 5.75 Å². The van der Waals surface area contributed by atoms with Crippen LogP contribution in [0.2, 0.25) is 0 Å². The molecule has 1 aromatic rings. The van der Waals surface area contributed by atoms with Crippen LogP contribution in [0.4, 0.5) is 0 Å². The summed E-state index contributed by atoms with van der Waals surface area (Å²) in [5.74, 6) is 0.589. The number of hydrogen-bond acceptors (Lipinski definition) is 6. The number of carbonyl (C=O) groups excluding carboxylic acids is 1. The van der Waals surface area contributed by atoms with Gasteiger partial charge >= 0.3 is 5.97 Å². The summed E-state index contributed by atoms with van der Waals surface area (Å²) in [5.41, 5.74) is 0.267. The molecule has 0 unspecified atom stereocenters. The van der Waals surface area contributed by atoms with Crippen LogP contribution in [0.15, 0.2) is 12.1 Å². The molecule has 6 heteroatoms. The van der Waals surface area contributed by atoms with Gasteiger partial charge in [0.05, 0.1) is 26.9 Å². The molecule has 0 amide bonds. The van der Waals surface area contributed by atoms with Crippen molar-refractivity contribution in [2.75, 3.05) is 21.3 Å². The van der Waals surface area contributed by atoms with Gasteiger partial charge in [-0.05, 0) is 25.0 Å². The SMILES string of the molecule is COc1cc(C(=O)OO[C]2CCCC2)cc(OC)c1OC. The molecule has 0 atom stereocenters. The third kappa shape index (κ3) is 3.58. The Morgan fingerprint density at radius 2 is 1.52 bits per heavy atom. The lowest BCUT2D eigenvalue weighted by Crippen LogP contribution is -2.09. The van der Waals surface area contributed by atoms with Crippen molar-refractivity contribution in [1.29, 1.82) is 0 Å². The lowest BCUT2D eigenvalue weighted by molar-refractivity contribution is -0.234. The monoisotopic (exact) mass is 295 g/mol. The minimum Gasteiger partial charge on any atom is -0.493 e. The number of rotatable bonds is 6. The van der Waals surface area contributed by atoms with E-state index in [1.54, 1.807) is 0 Å². The Labute approximate surface area is 123 Å². The van der Waals surface area contributed by atoms with Crippen molar-refractivity contribution in [1.82, 2.24) is 0 Å². The molecule has 2 rings (SSSR count). The lowest BCUT2D eigenvalue weighted by Gasteiger charge is -2.14. The highest BCUT2D eigenvalue weighted by Gasteiger charge is 2.22. The van der Waals surface area contributed by atoms with E-state index in [0.717, 1.165) is 31.8 Å². The van der Waals surface area contributed by atoms with Crippen molar-refractivity contribution in [2.45, 2.75) is 25.7 Å². The summed E-state index contributed by atoms with van der Waals surface area (Å²) in [7, 11) is 4.47. The maximum atomic E-state index is 12.0. The molecule has 1 aromatic carbocycles. The van der Waals surface area contributed by atoms with Gasteiger partial charge in [-0.25, -0.2) is 4.79 Å². The standard InChI is InChI=1S/C15H19O6/c1-17-12-8-10(9-13(18-2)14(12)19-3)15(16)21-20-11-6-4-5-7-11/h8-9H,4-7H2,1-3H3. The van der Waals surface area contributed by atoms with Crippen LogP contribution in [0.3, 0.4) is 0 Å².